The Labute approximate surface area is 116 Å². The lowest BCUT2D eigenvalue weighted by molar-refractivity contribution is 0.0568. The molecule has 0 spiro atoms. The van der Waals surface area contributed by atoms with Crippen LogP contribution in [0.25, 0.3) is 0 Å². The second kappa shape index (κ2) is 5.88. The fourth-order valence-electron chi connectivity index (χ4n) is 2.57. The van der Waals surface area contributed by atoms with E-state index in [1.54, 1.807) is 13.3 Å². The van der Waals surface area contributed by atoms with Gasteiger partial charge in [0, 0.05) is 43.0 Å². The minimum atomic E-state index is 0.159. The minimum absolute atomic E-state index is 0.159. The van der Waals surface area contributed by atoms with Crippen LogP contribution in [0.4, 0.5) is 0 Å². The summed E-state index contributed by atoms with van der Waals surface area (Å²) < 4.78 is 5.35. The van der Waals surface area contributed by atoms with Gasteiger partial charge in [0.1, 0.15) is 0 Å². The number of methoxy groups -OCH3 is 1. The van der Waals surface area contributed by atoms with Crippen LogP contribution < -0.4 is 10.1 Å². The quantitative estimate of drug-likeness (QED) is 0.902. The van der Waals surface area contributed by atoms with E-state index in [1.807, 2.05) is 6.07 Å². The van der Waals surface area contributed by atoms with Crippen molar-refractivity contribution in [3.05, 3.63) is 23.9 Å². The first-order valence-electron chi connectivity index (χ1n) is 7.03. The summed E-state index contributed by atoms with van der Waals surface area (Å²) in [6.07, 6.45) is 2.94. The van der Waals surface area contributed by atoms with Crippen molar-refractivity contribution in [3.63, 3.8) is 0 Å². The molecule has 1 atom stereocenters. The van der Waals surface area contributed by atoms with E-state index in [-0.39, 0.29) is 5.54 Å². The lowest BCUT2D eigenvalue weighted by atomic mass is 9.96. The third-order valence-electron chi connectivity index (χ3n) is 4.02. The van der Waals surface area contributed by atoms with Crippen molar-refractivity contribution < 1.29 is 4.74 Å². The molecule has 0 radical (unpaired) electrons. The van der Waals surface area contributed by atoms with E-state index in [2.05, 4.69) is 42.0 Å². The summed E-state index contributed by atoms with van der Waals surface area (Å²) in [7, 11) is 1.68. The molecule has 0 aromatic carbocycles. The number of piperazine rings is 1. The molecule has 1 aliphatic heterocycles. The summed E-state index contributed by atoms with van der Waals surface area (Å²) >= 11 is 0. The lowest BCUT2D eigenvalue weighted by Crippen LogP contribution is -2.61. The Morgan fingerprint density at radius 3 is 3.00 bits per heavy atom. The zero-order valence-corrected chi connectivity index (χ0v) is 12.4. The zero-order valence-electron chi connectivity index (χ0n) is 12.4. The predicted molar refractivity (Wildman–Crippen MR) is 77.4 cm³/mol. The van der Waals surface area contributed by atoms with Crippen molar-refractivity contribution in [2.24, 2.45) is 0 Å². The maximum Gasteiger partial charge on any atom is 0.217 e. The second-order valence-corrected chi connectivity index (χ2v) is 5.85. The Morgan fingerprint density at radius 2 is 2.32 bits per heavy atom. The topological polar surface area (TPSA) is 37.4 Å². The van der Waals surface area contributed by atoms with Gasteiger partial charge < -0.3 is 10.1 Å². The molecule has 106 valence electrons. The molecular formula is C15H25N3O. The normalized spacial score (nSPS) is 23.3. The standard InChI is InChI=1S/C15H25N3O/c1-5-13-10-18(15(2,3)11-17-13)9-12-7-6-8-16-14(12)19-4/h6-8,13,17H,5,9-11H2,1-4H3. The fraction of sp³-hybridized carbons (Fsp3) is 0.667. The number of nitrogens with zero attached hydrogens (tertiary/aromatic N) is 2. The summed E-state index contributed by atoms with van der Waals surface area (Å²) in [5.74, 6) is 0.741. The Bertz CT molecular complexity index is 420. The van der Waals surface area contributed by atoms with Crippen LogP contribution in [0.2, 0.25) is 0 Å². The highest BCUT2D eigenvalue weighted by molar-refractivity contribution is 5.25. The highest BCUT2D eigenvalue weighted by Crippen LogP contribution is 2.25. The maximum atomic E-state index is 5.35. The van der Waals surface area contributed by atoms with Crippen LogP contribution in [0.15, 0.2) is 18.3 Å². The molecule has 2 rings (SSSR count). The van der Waals surface area contributed by atoms with E-state index in [0.29, 0.717) is 6.04 Å². The molecule has 0 amide bonds. The van der Waals surface area contributed by atoms with E-state index in [1.165, 1.54) is 0 Å². The highest BCUT2D eigenvalue weighted by atomic mass is 16.5. The van der Waals surface area contributed by atoms with Crippen LogP contribution in [-0.4, -0.2) is 41.7 Å². The lowest BCUT2D eigenvalue weighted by Gasteiger charge is -2.46. The molecule has 0 saturated carbocycles. The van der Waals surface area contributed by atoms with Gasteiger partial charge in [-0.15, -0.1) is 0 Å². The molecule has 1 aliphatic rings. The summed E-state index contributed by atoms with van der Waals surface area (Å²) in [4.78, 5) is 6.81. The van der Waals surface area contributed by atoms with E-state index >= 15 is 0 Å². The van der Waals surface area contributed by atoms with E-state index in [4.69, 9.17) is 4.74 Å². The molecule has 1 saturated heterocycles. The van der Waals surface area contributed by atoms with Gasteiger partial charge in [-0.3, -0.25) is 4.90 Å². The largest absolute Gasteiger partial charge is 0.481 e. The number of hydrogen-bond donors (Lipinski definition) is 1. The van der Waals surface area contributed by atoms with Crippen molar-refractivity contribution in [3.8, 4) is 5.88 Å². The van der Waals surface area contributed by atoms with Crippen molar-refractivity contribution in [2.75, 3.05) is 20.2 Å². The first-order chi connectivity index (χ1) is 9.06. The monoisotopic (exact) mass is 263 g/mol. The Morgan fingerprint density at radius 1 is 1.53 bits per heavy atom. The first kappa shape index (κ1) is 14.3. The summed E-state index contributed by atoms with van der Waals surface area (Å²) in [6.45, 7) is 9.79. The third-order valence-corrected chi connectivity index (χ3v) is 4.02. The summed E-state index contributed by atoms with van der Waals surface area (Å²) in [5.41, 5.74) is 1.32. The summed E-state index contributed by atoms with van der Waals surface area (Å²) in [6, 6.07) is 4.66. The minimum Gasteiger partial charge on any atom is -0.481 e. The van der Waals surface area contributed by atoms with Gasteiger partial charge in [0.15, 0.2) is 0 Å². The third kappa shape index (κ3) is 3.25. The number of hydrogen-bond acceptors (Lipinski definition) is 4. The molecule has 2 heterocycles. The first-order valence-corrected chi connectivity index (χ1v) is 7.03. The van der Waals surface area contributed by atoms with Gasteiger partial charge in [0.05, 0.1) is 7.11 Å². The predicted octanol–water partition coefficient (Wildman–Crippen LogP) is 2.05. The molecule has 1 fully saturated rings. The molecule has 19 heavy (non-hydrogen) atoms. The van der Waals surface area contributed by atoms with E-state index < -0.39 is 0 Å². The van der Waals surface area contributed by atoms with Crippen LogP contribution in [0.3, 0.4) is 0 Å². The molecule has 1 unspecified atom stereocenters. The number of rotatable bonds is 4. The number of aromatic nitrogens is 1. The molecule has 1 N–H and O–H groups in total. The SMILES string of the molecule is CCC1CN(Cc2cccnc2OC)C(C)(C)CN1. The van der Waals surface area contributed by atoms with Gasteiger partial charge in [-0.25, -0.2) is 4.98 Å². The molecule has 0 aliphatic carbocycles. The van der Waals surface area contributed by atoms with Gasteiger partial charge in [-0.05, 0) is 26.3 Å². The maximum absolute atomic E-state index is 5.35. The van der Waals surface area contributed by atoms with Crippen molar-refractivity contribution in [1.29, 1.82) is 0 Å². The van der Waals surface area contributed by atoms with Crippen molar-refractivity contribution in [1.82, 2.24) is 15.2 Å². The second-order valence-electron chi connectivity index (χ2n) is 5.85. The van der Waals surface area contributed by atoms with Crippen molar-refractivity contribution in [2.45, 2.75) is 45.3 Å². The molecule has 4 heteroatoms. The van der Waals surface area contributed by atoms with Gasteiger partial charge >= 0.3 is 0 Å². The molecule has 1 aromatic heterocycles. The zero-order chi connectivity index (χ0) is 13.9. The summed E-state index contributed by atoms with van der Waals surface area (Å²) in [5, 5.41) is 3.61. The number of ether oxygens (including phenoxy) is 1. The Kier molecular flexibility index (Phi) is 4.42. The smallest absolute Gasteiger partial charge is 0.217 e. The average Bonchev–Trinajstić information content (AvgIpc) is 2.41. The fourth-order valence-corrected chi connectivity index (χ4v) is 2.57. The van der Waals surface area contributed by atoms with Crippen LogP contribution in [0.1, 0.15) is 32.8 Å². The Balaban J connectivity index is 2.15. The Hall–Kier alpha value is -1.13. The van der Waals surface area contributed by atoms with Gasteiger partial charge in [-0.1, -0.05) is 13.0 Å². The molecule has 0 bridgehead atoms. The number of nitrogens with one attached hydrogen (secondary N) is 1. The van der Waals surface area contributed by atoms with E-state index in [0.717, 1.165) is 37.5 Å². The van der Waals surface area contributed by atoms with Crippen LogP contribution in [0, 0.1) is 0 Å². The van der Waals surface area contributed by atoms with Crippen molar-refractivity contribution >= 4 is 0 Å². The van der Waals surface area contributed by atoms with Crippen LogP contribution >= 0.6 is 0 Å². The number of pyridine rings is 1. The van der Waals surface area contributed by atoms with Crippen LogP contribution in [0.5, 0.6) is 5.88 Å². The highest BCUT2D eigenvalue weighted by Gasteiger charge is 2.33. The molecule has 4 nitrogen and oxygen atoms in total. The van der Waals surface area contributed by atoms with Gasteiger partial charge in [-0.2, -0.15) is 0 Å². The average molecular weight is 263 g/mol. The molecule has 1 aromatic rings. The van der Waals surface area contributed by atoms with Crippen LogP contribution in [-0.2, 0) is 6.54 Å². The van der Waals surface area contributed by atoms with Gasteiger partial charge in [0.25, 0.3) is 0 Å². The molecular weight excluding hydrogens is 238 g/mol. The van der Waals surface area contributed by atoms with E-state index in [9.17, 15) is 0 Å². The van der Waals surface area contributed by atoms with Gasteiger partial charge in [0.2, 0.25) is 5.88 Å².